The molecule has 8 aromatic rings. The van der Waals surface area contributed by atoms with Crippen LogP contribution in [-0.4, -0.2) is 0 Å². The standard InChI is InChI=1S/C38H24/c1-3-11-35-25(7-1)9-5-13-37(35)29-17-15-27-19-34-24-32-22-30(18-16-28(32)20-33(34)23-31(27)21-29)38-14-6-10-26-8-2-4-12-36(26)38/h1-24H. The van der Waals surface area contributed by atoms with Gasteiger partial charge in [0, 0.05) is 0 Å². The molecule has 0 spiro atoms. The summed E-state index contributed by atoms with van der Waals surface area (Å²) in [5.74, 6) is 0. The number of benzene rings is 8. The summed E-state index contributed by atoms with van der Waals surface area (Å²) < 4.78 is 0. The molecule has 0 aliphatic heterocycles. The van der Waals surface area contributed by atoms with Crippen LogP contribution in [0, 0.1) is 0 Å². The van der Waals surface area contributed by atoms with Gasteiger partial charge < -0.3 is 0 Å². The minimum Gasteiger partial charge on any atom is -0.0616 e. The first-order chi connectivity index (χ1) is 18.8. The molecular formula is C38H24. The molecule has 0 heteroatoms. The Balaban J connectivity index is 1.27. The van der Waals surface area contributed by atoms with Crippen molar-refractivity contribution in [2.75, 3.05) is 0 Å². The van der Waals surface area contributed by atoms with Gasteiger partial charge in [0.1, 0.15) is 0 Å². The van der Waals surface area contributed by atoms with E-state index in [9.17, 15) is 0 Å². The van der Waals surface area contributed by atoms with Crippen molar-refractivity contribution >= 4 is 53.9 Å². The molecule has 0 radical (unpaired) electrons. The normalized spacial score (nSPS) is 11.7. The molecule has 176 valence electrons. The average molecular weight is 481 g/mol. The van der Waals surface area contributed by atoms with E-state index < -0.39 is 0 Å². The van der Waals surface area contributed by atoms with E-state index in [1.54, 1.807) is 0 Å². The Morgan fingerprint density at radius 1 is 0.237 bits per heavy atom. The smallest absolute Gasteiger partial charge is 0.0105 e. The van der Waals surface area contributed by atoms with Crippen molar-refractivity contribution in [3.63, 3.8) is 0 Å². The summed E-state index contributed by atoms with van der Waals surface area (Å²) in [7, 11) is 0. The molecule has 0 saturated heterocycles. The van der Waals surface area contributed by atoms with E-state index in [1.807, 2.05) is 0 Å². The lowest BCUT2D eigenvalue weighted by Gasteiger charge is -2.11. The maximum absolute atomic E-state index is 2.34. The van der Waals surface area contributed by atoms with Crippen LogP contribution in [0.4, 0.5) is 0 Å². The van der Waals surface area contributed by atoms with Crippen LogP contribution in [0.1, 0.15) is 0 Å². The SMILES string of the molecule is c1ccc2c(-c3ccc4cc5cc6cc(-c7cccc8ccccc78)ccc6cc5cc4c3)cccc2c1. The Morgan fingerprint density at radius 2 is 0.632 bits per heavy atom. The van der Waals surface area contributed by atoms with Gasteiger partial charge in [0.15, 0.2) is 0 Å². The lowest BCUT2D eigenvalue weighted by atomic mass is 9.93. The molecule has 0 unspecified atom stereocenters. The Kier molecular flexibility index (Phi) is 4.62. The maximum atomic E-state index is 2.34. The van der Waals surface area contributed by atoms with E-state index in [2.05, 4.69) is 146 Å². The zero-order chi connectivity index (χ0) is 25.1. The maximum Gasteiger partial charge on any atom is -0.0105 e. The summed E-state index contributed by atoms with van der Waals surface area (Å²) in [5, 5.41) is 12.8. The van der Waals surface area contributed by atoms with E-state index in [4.69, 9.17) is 0 Å². The van der Waals surface area contributed by atoms with Gasteiger partial charge in [-0.1, -0.05) is 109 Å². The van der Waals surface area contributed by atoms with Crippen molar-refractivity contribution < 1.29 is 0 Å². The second-order valence-electron chi connectivity index (χ2n) is 10.2. The van der Waals surface area contributed by atoms with Gasteiger partial charge in [-0.25, -0.2) is 0 Å². The second-order valence-corrected chi connectivity index (χ2v) is 10.2. The number of hydrogen-bond acceptors (Lipinski definition) is 0. The third-order valence-electron chi connectivity index (χ3n) is 7.95. The van der Waals surface area contributed by atoms with Crippen molar-refractivity contribution in [1.82, 2.24) is 0 Å². The number of hydrogen-bond donors (Lipinski definition) is 0. The Bertz CT molecular complexity index is 2010. The molecule has 0 heterocycles. The molecular weight excluding hydrogens is 456 g/mol. The van der Waals surface area contributed by atoms with Crippen LogP contribution < -0.4 is 0 Å². The molecule has 8 aromatic carbocycles. The third kappa shape index (κ3) is 3.38. The van der Waals surface area contributed by atoms with Crippen LogP contribution in [0.25, 0.3) is 76.1 Å². The van der Waals surface area contributed by atoms with Gasteiger partial charge in [-0.05, 0) is 113 Å². The highest BCUT2D eigenvalue weighted by Crippen LogP contribution is 2.35. The molecule has 0 aliphatic rings. The minimum atomic E-state index is 1.26. The Hall–Kier alpha value is -4.94. The van der Waals surface area contributed by atoms with Crippen molar-refractivity contribution in [2.24, 2.45) is 0 Å². The number of fused-ring (bicyclic) bond motifs is 5. The minimum absolute atomic E-state index is 1.26. The first-order valence-electron chi connectivity index (χ1n) is 13.2. The predicted octanol–water partition coefficient (Wildman–Crippen LogP) is 10.8. The summed E-state index contributed by atoms with van der Waals surface area (Å²) >= 11 is 0. The summed E-state index contributed by atoms with van der Waals surface area (Å²) in [4.78, 5) is 0. The zero-order valence-corrected chi connectivity index (χ0v) is 20.9. The topological polar surface area (TPSA) is 0 Å². The first-order valence-corrected chi connectivity index (χ1v) is 13.2. The second kappa shape index (κ2) is 8.30. The van der Waals surface area contributed by atoms with Crippen molar-refractivity contribution in [3.8, 4) is 22.3 Å². The summed E-state index contributed by atoms with van der Waals surface area (Å²) in [5.41, 5.74) is 5.08. The van der Waals surface area contributed by atoms with Gasteiger partial charge in [0.2, 0.25) is 0 Å². The molecule has 0 saturated carbocycles. The van der Waals surface area contributed by atoms with Gasteiger partial charge in [0.05, 0.1) is 0 Å². The van der Waals surface area contributed by atoms with Gasteiger partial charge in [-0.15, -0.1) is 0 Å². The summed E-state index contributed by atoms with van der Waals surface area (Å²) in [6, 6.07) is 53.5. The quantitative estimate of drug-likeness (QED) is 0.216. The van der Waals surface area contributed by atoms with E-state index >= 15 is 0 Å². The summed E-state index contributed by atoms with van der Waals surface area (Å²) in [6.07, 6.45) is 0. The third-order valence-corrected chi connectivity index (χ3v) is 7.95. The van der Waals surface area contributed by atoms with E-state index in [-0.39, 0.29) is 0 Å². The van der Waals surface area contributed by atoms with Gasteiger partial charge in [-0.3, -0.25) is 0 Å². The highest BCUT2D eigenvalue weighted by Gasteiger charge is 2.08. The molecule has 0 aliphatic carbocycles. The molecule has 0 atom stereocenters. The van der Waals surface area contributed by atoms with Gasteiger partial charge in [-0.2, -0.15) is 0 Å². The molecule has 0 N–H and O–H groups in total. The van der Waals surface area contributed by atoms with E-state index in [1.165, 1.54) is 76.1 Å². The zero-order valence-electron chi connectivity index (χ0n) is 20.9. The fourth-order valence-electron chi connectivity index (χ4n) is 6.04. The van der Waals surface area contributed by atoms with E-state index in [0.29, 0.717) is 0 Å². The summed E-state index contributed by atoms with van der Waals surface area (Å²) in [6.45, 7) is 0. The monoisotopic (exact) mass is 480 g/mol. The van der Waals surface area contributed by atoms with Crippen molar-refractivity contribution in [1.29, 1.82) is 0 Å². The van der Waals surface area contributed by atoms with Crippen molar-refractivity contribution in [3.05, 3.63) is 146 Å². The highest BCUT2D eigenvalue weighted by molar-refractivity contribution is 6.07. The van der Waals surface area contributed by atoms with Crippen LogP contribution in [0.3, 0.4) is 0 Å². The number of rotatable bonds is 2. The fourth-order valence-corrected chi connectivity index (χ4v) is 6.04. The average Bonchev–Trinajstić information content (AvgIpc) is 2.98. The highest BCUT2D eigenvalue weighted by atomic mass is 14.1. The molecule has 8 rings (SSSR count). The van der Waals surface area contributed by atoms with Crippen LogP contribution in [0.15, 0.2) is 146 Å². The molecule has 0 aromatic heterocycles. The molecule has 0 fully saturated rings. The van der Waals surface area contributed by atoms with Gasteiger partial charge >= 0.3 is 0 Å². The van der Waals surface area contributed by atoms with E-state index in [0.717, 1.165) is 0 Å². The van der Waals surface area contributed by atoms with Crippen LogP contribution in [0.2, 0.25) is 0 Å². The fraction of sp³-hybridized carbons (Fsp3) is 0. The predicted molar refractivity (Wildman–Crippen MR) is 165 cm³/mol. The molecule has 38 heavy (non-hydrogen) atoms. The molecule has 0 amide bonds. The molecule has 0 nitrogen and oxygen atoms in total. The lowest BCUT2D eigenvalue weighted by Crippen LogP contribution is -1.84. The van der Waals surface area contributed by atoms with Crippen LogP contribution in [-0.2, 0) is 0 Å². The largest absolute Gasteiger partial charge is 0.0616 e. The van der Waals surface area contributed by atoms with Crippen LogP contribution in [0.5, 0.6) is 0 Å². The first kappa shape index (κ1) is 21.2. The molecule has 0 bridgehead atoms. The van der Waals surface area contributed by atoms with Crippen molar-refractivity contribution in [2.45, 2.75) is 0 Å². The van der Waals surface area contributed by atoms with Crippen LogP contribution >= 0.6 is 0 Å². The Morgan fingerprint density at radius 3 is 1.13 bits per heavy atom. The van der Waals surface area contributed by atoms with Gasteiger partial charge in [0.25, 0.3) is 0 Å². The lowest BCUT2D eigenvalue weighted by molar-refractivity contribution is 1.68. The Labute approximate surface area is 221 Å².